The Balaban J connectivity index is 1.49. The number of hydrogen-bond donors (Lipinski definition) is 1. The number of benzene rings is 2. The molecule has 0 bridgehead atoms. The summed E-state index contributed by atoms with van der Waals surface area (Å²) < 4.78 is 17.2. The van der Waals surface area contributed by atoms with E-state index >= 15 is 0 Å². The minimum atomic E-state index is -0.581. The van der Waals surface area contributed by atoms with Crippen LogP contribution in [0.15, 0.2) is 59.0 Å². The summed E-state index contributed by atoms with van der Waals surface area (Å²) >= 11 is 0. The number of carbonyl (C=O) groups excluding carboxylic acids is 1. The van der Waals surface area contributed by atoms with Gasteiger partial charge in [0.25, 0.3) is 0 Å². The van der Waals surface area contributed by atoms with Crippen LogP contribution in [0.5, 0.6) is 11.5 Å². The maximum absolute atomic E-state index is 11.4. The molecule has 29 heavy (non-hydrogen) atoms. The molecule has 1 saturated heterocycles. The number of oxazole rings is 1. The Bertz CT molecular complexity index is 987. The second-order valence-corrected chi connectivity index (χ2v) is 6.96. The van der Waals surface area contributed by atoms with E-state index in [2.05, 4.69) is 9.88 Å². The monoisotopic (exact) mass is 393 g/mol. The third-order valence-corrected chi connectivity index (χ3v) is 4.79. The van der Waals surface area contributed by atoms with Crippen LogP contribution >= 0.6 is 0 Å². The van der Waals surface area contributed by atoms with Crippen LogP contribution in [-0.2, 0) is 16.1 Å². The fraction of sp³-hybridized carbons (Fsp3) is 0.273. The highest BCUT2D eigenvalue weighted by Gasteiger charge is 2.26. The molecule has 2 aromatic carbocycles. The molecular formula is C22H23N3O4. The smallest absolute Gasteiger partial charge is 0.247 e. The van der Waals surface area contributed by atoms with E-state index in [1.807, 2.05) is 61.5 Å². The van der Waals surface area contributed by atoms with Gasteiger partial charge in [-0.1, -0.05) is 24.3 Å². The van der Waals surface area contributed by atoms with E-state index < -0.39 is 12.0 Å². The first-order valence-electron chi connectivity index (χ1n) is 9.51. The van der Waals surface area contributed by atoms with Crippen LogP contribution < -0.4 is 10.5 Å². The number of para-hydroxylation sites is 1. The third-order valence-electron chi connectivity index (χ3n) is 4.79. The van der Waals surface area contributed by atoms with Crippen LogP contribution in [0.2, 0.25) is 0 Å². The maximum Gasteiger partial charge on any atom is 0.247 e. The van der Waals surface area contributed by atoms with Crippen molar-refractivity contribution in [2.75, 3.05) is 19.7 Å². The Morgan fingerprint density at radius 3 is 2.79 bits per heavy atom. The number of primary amides is 1. The summed E-state index contributed by atoms with van der Waals surface area (Å²) in [7, 11) is 0. The Morgan fingerprint density at radius 1 is 1.21 bits per heavy atom. The van der Waals surface area contributed by atoms with Crippen molar-refractivity contribution in [1.29, 1.82) is 0 Å². The molecule has 1 aliphatic heterocycles. The summed E-state index contributed by atoms with van der Waals surface area (Å²) in [5.41, 5.74) is 7.04. The fourth-order valence-electron chi connectivity index (χ4n) is 3.25. The molecule has 0 radical (unpaired) electrons. The Hall–Kier alpha value is -3.16. The minimum Gasteiger partial charge on any atom is -0.457 e. The molecule has 1 fully saturated rings. The second kappa shape index (κ2) is 8.46. The lowest BCUT2D eigenvalue weighted by molar-refractivity contribution is -0.135. The number of nitrogens with zero attached hydrogens (tertiary/aromatic N) is 2. The molecule has 1 aromatic heterocycles. The zero-order chi connectivity index (χ0) is 20.2. The zero-order valence-corrected chi connectivity index (χ0v) is 16.2. The summed E-state index contributed by atoms with van der Waals surface area (Å²) in [4.78, 5) is 18.2. The van der Waals surface area contributed by atoms with Crippen molar-refractivity contribution in [3.05, 3.63) is 66.1 Å². The van der Waals surface area contributed by atoms with Gasteiger partial charge in [0.2, 0.25) is 11.8 Å². The van der Waals surface area contributed by atoms with Crippen LogP contribution in [0.25, 0.3) is 11.5 Å². The molecule has 7 heteroatoms. The van der Waals surface area contributed by atoms with Gasteiger partial charge >= 0.3 is 0 Å². The standard InChI is InChI=1S/C22H23N3O4/c1-15-19(13-25-10-11-27-20(14-25)21(23)26)24-22(28-15)16-6-5-9-18(12-16)29-17-7-3-2-4-8-17/h2-9,12,20H,10-11,13-14H2,1H3,(H2,23,26). The van der Waals surface area contributed by atoms with E-state index in [0.717, 1.165) is 22.8 Å². The zero-order valence-electron chi connectivity index (χ0n) is 16.2. The van der Waals surface area contributed by atoms with Gasteiger partial charge in [0.05, 0.1) is 12.3 Å². The predicted molar refractivity (Wildman–Crippen MR) is 107 cm³/mol. The van der Waals surface area contributed by atoms with Gasteiger partial charge < -0.3 is 19.6 Å². The van der Waals surface area contributed by atoms with Gasteiger partial charge in [-0.05, 0) is 37.3 Å². The van der Waals surface area contributed by atoms with Gasteiger partial charge in [0.15, 0.2) is 0 Å². The van der Waals surface area contributed by atoms with Crippen molar-refractivity contribution < 1.29 is 18.7 Å². The highest BCUT2D eigenvalue weighted by Crippen LogP contribution is 2.28. The average Bonchev–Trinajstić information content (AvgIpc) is 3.09. The average molecular weight is 393 g/mol. The first-order chi connectivity index (χ1) is 14.1. The predicted octanol–water partition coefficient (Wildman–Crippen LogP) is 3.13. The maximum atomic E-state index is 11.4. The topological polar surface area (TPSA) is 90.8 Å². The van der Waals surface area contributed by atoms with E-state index in [9.17, 15) is 4.79 Å². The second-order valence-electron chi connectivity index (χ2n) is 6.96. The van der Waals surface area contributed by atoms with Crippen molar-refractivity contribution in [1.82, 2.24) is 9.88 Å². The summed E-state index contributed by atoms with van der Waals surface area (Å²) in [6.45, 7) is 4.10. The van der Waals surface area contributed by atoms with Crippen molar-refractivity contribution in [3.63, 3.8) is 0 Å². The molecule has 1 amide bonds. The molecule has 7 nitrogen and oxygen atoms in total. The molecule has 2 N–H and O–H groups in total. The van der Waals surface area contributed by atoms with Crippen LogP contribution in [0.1, 0.15) is 11.5 Å². The van der Waals surface area contributed by atoms with Crippen molar-refractivity contribution >= 4 is 5.91 Å². The number of aromatic nitrogens is 1. The molecule has 1 aliphatic rings. The Labute approximate surface area is 169 Å². The summed E-state index contributed by atoms with van der Waals surface area (Å²) in [5.74, 6) is 2.32. The molecule has 0 spiro atoms. The van der Waals surface area contributed by atoms with Gasteiger partial charge in [-0.3, -0.25) is 9.69 Å². The molecule has 1 atom stereocenters. The SMILES string of the molecule is Cc1oc(-c2cccc(Oc3ccccc3)c2)nc1CN1CCOC(C(N)=O)C1. The molecular weight excluding hydrogens is 370 g/mol. The summed E-state index contributed by atoms with van der Waals surface area (Å²) in [6, 6.07) is 17.3. The van der Waals surface area contributed by atoms with Crippen LogP contribution in [0, 0.1) is 6.92 Å². The number of ether oxygens (including phenoxy) is 2. The number of aryl methyl sites for hydroxylation is 1. The molecule has 2 heterocycles. The molecule has 3 aromatic rings. The summed E-state index contributed by atoms with van der Waals surface area (Å²) in [6.07, 6.45) is -0.581. The first-order valence-corrected chi connectivity index (χ1v) is 9.51. The van der Waals surface area contributed by atoms with E-state index in [-0.39, 0.29) is 0 Å². The Kier molecular flexibility index (Phi) is 5.59. The van der Waals surface area contributed by atoms with Crippen molar-refractivity contribution in [2.24, 2.45) is 5.73 Å². The van der Waals surface area contributed by atoms with E-state index in [1.54, 1.807) is 0 Å². The first kappa shape index (κ1) is 19.2. The lowest BCUT2D eigenvalue weighted by atomic mass is 10.2. The van der Waals surface area contributed by atoms with Gasteiger partial charge in [-0.25, -0.2) is 4.98 Å². The molecule has 4 rings (SSSR count). The minimum absolute atomic E-state index is 0.442. The quantitative estimate of drug-likeness (QED) is 0.692. The highest BCUT2D eigenvalue weighted by molar-refractivity contribution is 5.79. The van der Waals surface area contributed by atoms with Gasteiger partial charge in [-0.15, -0.1) is 0 Å². The number of carbonyl (C=O) groups is 1. The van der Waals surface area contributed by atoms with E-state index in [1.165, 1.54) is 0 Å². The number of morpholine rings is 1. The van der Waals surface area contributed by atoms with Crippen LogP contribution in [-0.4, -0.2) is 41.6 Å². The number of rotatable bonds is 6. The largest absolute Gasteiger partial charge is 0.457 e. The lowest BCUT2D eigenvalue weighted by Crippen LogP contribution is -2.48. The molecule has 0 aliphatic carbocycles. The number of nitrogens with two attached hydrogens (primary N) is 1. The van der Waals surface area contributed by atoms with Gasteiger partial charge in [-0.2, -0.15) is 0 Å². The normalized spacial score (nSPS) is 17.2. The highest BCUT2D eigenvalue weighted by atomic mass is 16.5. The molecule has 0 saturated carbocycles. The lowest BCUT2D eigenvalue weighted by Gasteiger charge is -2.30. The molecule has 150 valence electrons. The molecule has 1 unspecified atom stereocenters. The number of amides is 1. The fourth-order valence-corrected chi connectivity index (χ4v) is 3.25. The van der Waals surface area contributed by atoms with Gasteiger partial charge in [0.1, 0.15) is 23.4 Å². The van der Waals surface area contributed by atoms with Gasteiger partial charge in [0, 0.05) is 25.2 Å². The van der Waals surface area contributed by atoms with E-state index in [4.69, 9.17) is 19.6 Å². The third kappa shape index (κ3) is 4.64. The summed E-state index contributed by atoms with van der Waals surface area (Å²) in [5, 5.41) is 0. The number of hydrogen-bond acceptors (Lipinski definition) is 6. The van der Waals surface area contributed by atoms with Crippen molar-refractivity contribution in [2.45, 2.75) is 19.6 Å². The van der Waals surface area contributed by atoms with Crippen LogP contribution in [0.4, 0.5) is 0 Å². The van der Waals surface area contributed by atoms with E-state index in [0.29, 0.717) is 37.9 Å². The van der Waals surface area contributed by atoms with Crippen LogP contribution in [0.3, 0.4) is 0 Å². The van der Waals surface area contributed by atoms with Crippen molar-refractivity contribution in [3.8, 4) is 23.0 Å². The Morgan fingerprint density at radius 2 is 2.00 bits per heavy atom.